The summed E-state index contributed by atoms with van der Waals surface area (Å²) in [6, 6.07) is 7.26. The minimum Gasteiger partial charge on any atom is -0.491 e. The summed E-state index contributed by atoms with van der Waals surface area (Å²) in [5.74, 6) is 0.923. The molecule has 2 rings (SSSR count). The lowest BCUT2D eigenvalue weighted by molar-refractivity contribution is 0.0927. The number of hydrogen-bond acceptors (Lipinski definition) is 6. The van der Waals surface area contributed by atoms with Crippen LogP contribution >= 0.6 is 0 Å². The Hall–Kier alpha value is -2.45. The highest BCUT2D eigenvalue weighted by Gasteiger charge is 2.20. The number of aryl methyl sites for hydroxylation is 1. The first kappa shape index (κ1) is 20.9. The maximum absolute atomic E-state index is 12.5. The average Bonchev–Trinajstić information content (AvgIpc) is 3.03. The normalized spacial score (nSPS) is 12.2. The Labute approximate surface area is 160 Å². The standard InChI is InChI=1S/C19H29N5O3/c1-13(2)11-15(12-20)21-19(25)18-14(3)22-24(23-18)16-5-7-17(8-6-16)27-10-9-26-4/h5-8,13,15H,9-12,20H2,1-4H3,(H,21,25). The molecule has 1 atom stereocenters. The van der Waals surface area contributed by atoms with Gasteiger partial charge in [-0.05, 0) is 43.5 Å². The van der Waals surface area contributed by atoms with Gasteiger partial charge in [0.05, 0.1) is 18.0 Å². The lowest BCUT2D eigenvalue weighted by Crippen LogP contribution is -2.41. The van der Waals surface area contributed by atoms with E-state index in [4.69, 9.17) is 15.2 Å². The minimum atomic E-state index is -0.255. The van der Waals surface area contributed by atoms with Crippen molar-refractivity contribution in [2.75, 3.05) is 26.9 Å². The van der Waals surface area contributed by atoms with E-state index in [0.29, 0.717) is 37.1 Å². The number of ether oxygens (including phenoxy) is 2. The summed E-state index contributed by atoms with van der Waals surface area (Å²) < 4.78 is 10.5. The molecule has 1 heterocycles. The van der Waals surface area contributed by atoms with E-state index in [1.807, 2.05) is 24.3 Å². The van der Waals surface area contributed by atoms with E-state index >= 15 is 0 Å². The quantitative estimate of drug-likeness (QED) is 0.613. The van der Waals surface area contributed by atoms with Crippen LogP contribution in [0.2, 0.25) is 0 Å². The molecule has 8 nitrogen and oxygen atoms in total. The predicted molar refractivity (Wildman–Crippen MR) is 103 cm³/mol. The Morgan fingerprint density at radius 1 is 1.22 bits per heavy atom. The van der Waals surface area contributed by atoms with Crippen LogP contribution < -0.4 is 15.8 Å². The molecule has 0 aliphatic heterocycles. The third-order valence-electron chi connectivity index (χ3n) is 4.00. The van der Waals surface area contributed by atoms with Gasteiger partial charge in [-0.1, -0.05) is 13.8 Å². The number of hydrogen-bond donors (Lipinski definition) is 2. The van der Waals surface area contributed by atoms with Gasteiger partial charge in [0.2, 0.25) is 0 Å². The van der Waals surface area contributed by atoms with Crippen LogP contribution in [0.1, 0.15) is 36.5 Å². The number of nitrogens with two attached hydrogens (primary N) is 1. The number of amides is 1. The van der Waals surface area contributed by atoms with Gasteiger partial charge in [0.15, 0.2) is 5.69 Å². The first-order valence-electron chi connectivity index (χ1n) is 9.11. The summed E-state index contributed by atoms with van der Waals surface area (Å²) in [5.41, 5.74) is 7.37. The highest BCUT2D eigenvalue weighted by molar-refractivity contribution is 5.93. The molecule has 8 heteroatoms. The molecule has 0 saturated carbocycles. The van der Waals surface area contributed by atoms with Gasteiger partial charge in [-0.25, -0.2) is 0 Å². The van der Waals surface area contributed by atoms with Crippen LogP contribution in [0.3, 0.4) is 0 Å². The van der Waals surface area contributed by atoms with Crippen molar-refractivity contribution >= 4 is 5.91 Å². The Kier molecular flexibility index (Phi) is 7.75. The lowest BCUT2D eigenvalue weighted by atomic mass is 10.0. The summed E-state index contributed by atoms with van der Waals surface area (Å²) in [4.78, 5) is 14.0. The zero-order valence-corrected chi connectivity index (χ0v) is 16.4. The zero-order valence-electron chi connectivity index (χ0n) is 16.4. The van der Waals surface area contributed by atoms with Crippen LogP contribution in [0.25, 0.3) is 5.69 Å². The molecule has 1 unspecified atom stereocenters. The zero-order chi connectivity index (χ0) is 19.8. The molecular weight excluding hydrogens is 346 g/mol. The third kappa shape index (κ3) is 6.04. The summed E-state index contributed by atoms with van der Waals surface area (Å²) in [6.45, 7) is 7.36. The lowest BCUT2D eigenvalue weighted by Gasteiger charge is -2.18. The molecule has 1 aromatic heterocycles. The summed E-state index contributed by atoms with van der Waals surface area (Å²) in [6.07, 6.45) is 0.819. The number of benzene rings is 1. The number of nitrogens with zero attached hydrogens (tertiary/aromatic N) is 3. The fourth-order valence-corrected chi connectivity index (χ4v) is 2.66. The molecular formula is C19H29N5O3. The summed E-state index contributed by atoms with van der Waals surface area (Å²) in [5, 5.41) is 11.6. The second kappa shape index (κ2) is 10.0. The molecule has 0 spiro atoms. The number of methoxy groups -OCH3 is 1. The number of carbonyl (C=O) groups excluding carboxylic acids is 1. The molecule has 0 aliphatic carbocycles. The van der Waals surface area contributed by atoms with E-state index in [1.54, 1.807) is 14.0 Å². The van der Waals surface area contributed by atoms with Crippen molar-refractivity contribution in [1.29, 1.82) is 0 Å². The van der Waals surface area contributed by atoms with Gasteiger partial charge in [0.25, 0.3) is 5.91 Å². The van der Waals surface area contributed by atoms with E-state index < -0.39 is 0 Å². The number of rotatable bonds is 10. The Balaban J connectivity index is 2.07. The van der Waals surface area contributed by atoms with Crippen molar-refractivity contribution in [2.24, 2.45) is 11.7 Å². The van der Waals surface area contributed by atoms with Crippen LogP contribution in [0.5, 0.6) is 5.75 Å². The van der Waals surface area contributed by atoms with Gasteiger partial charge in [-0.15, -0.1) is 5.10 Å². The predicted octanol–water partition coefficient (Wildman–Crippen LogP) is 1.70. The molecule has 1 amide bonds. The van der Waals surface area contributed by atoms with Gasteiger partial charge in [-0.2, -0.15) is 9.90 Å². The van der Waals surface area contributed by atoms with Crippen molar-refractivity contribution in [3.05, 3.63) is 35.7 Å². The first-order chi connectivity index (χ1) is 12.9. The van der Waals surface area contributed by atoms with Crippen LogP contribution in [-0.4, -0.2) is 53.8 Å². The monoisotopic (exact) mass is 375 g/mol. The molecule has 0 bridgehead atoms. The van der Waals surface area contributed by atoms with Crippen molar-refractivity contribution in [1.82, 2.24) is 20.3 Å². The van der Waals surface area contributed by atoms with E-state index in [2.05, 4.69) is 29.4 Å². The fraction of sp³-hybridized carbons (Fsp3) is 0.526. The van der Waals surface area contributed by atoms with Crippen LogP contribution in [0, 0.1) is 12.8 Å². The average molecular weight is 375 g/mol. The maximum Gasteiger partial charge on any atom is 0.274 e. The molecule has 0 fully saturated rings. The molecule has 3 N–H and O–H groups in total. The highest BCUT2D eigenvalue weighted by Crippen LogP contribution is 2.15. The summed E-state index contributed by atoms with van der Waals surface area (Å²) in [7, 11) is 1.63. The van der Waals surface area contributed by atoms with E-state index in [0.717, 1.165) is 17.9 Å². The topological polar surface area (TPSA) is 104 Å². The molecule has 1 aromatic carbocycles. The van der Waals surface area contributed by atoms with Crippen molar-refractivity contribution in [3.8, 4) is 11.4 Å². The number of nitrogens with one attached hydrogen (secondary N) is 1. The Bertz CT molecular complexity index is 727. The Morgan fingerprint density at radius 3 is 2.52 bits per heavy atom. The van der Waals surface area contributed by atoms with E-state index in [9.17, 15) is 4.79 Å². The van der Waals surface area contributed by atoms with Gasteiger partial charge < -0.3 is 20.5 Å². The molecule has 0 saturated heterocycles. The maximum atomic E-state index is 12.5. The van der Waals surface area contributed by atoms with Crippen molar-refractivity contribution in [3.63, 3.8) is 0 Å². The van der Waals surface area contributed by atoms with Crippen molar-refractivity contribution < 1.29 is 14.3 Å². The van der Waals surface area contributed by atoms with E-state index in [1.165, 1.54) is 4.80 Å². The number of carbonyl (C=O) groups is 1. The molecule has 148 valence electrons. The first-order valence-corrected chi connectivity index (χ1v) is 9.11. The van der Waals surface area contributed by atoms with Gasteiger partial charge >= 0.3 is 0 Å². The molecule has 0 aliphatic rings. The van der Waals surface area contributed by atoms with Gasteiger partial charge in [0.1, 0.15) is 12.4 Å². The fourth-order valence-electron chi connectivity index (χ4n) is 2.66. The SMILES string of the molecule is COCCOc1ccc(-n2nc(C)c(C(=O)NC(CN)CC(C)C)n2)cc1. The number of aromatic nitrogens is 3. The van der Waals surface area contributed by atoms with Gasteiger partial charge in [-0.3, -0.25) is 4.79 Å². The molecule has 2 aromatic rings. The second-order valence-corrected chi connectivity index (χ2v) is 6.79. The van der Waals surface area contributed by atoms with Crippen molar-refractivity contribution in [2.45, 2.75) is 33.2 Å². The third-order valence-corrected chi connectivity index (χ3v) is 4.00. The second-order valence-electron chi connectivity index (χ2n) is 6.79. The minimum absolute atomic E-state index is 0.0782. The molecule has 0 radical (unpaired) electrons. The molecule has 27 heavy (non-hydrogen) atoms. The van der Waals surface area contributed by atoms with E-state index in [-0.39, 0.29) is 11.9 Å². The van der Waals surface area contributed by atoms with Gasteiger partial charge in [0, 0.05) is 19.7 Å². The largest absolute Gasteiger partial charge is 0.491 e. The van der Waals surface area contributed by atoms with Crippen LogP contribution in [0.15, 0.2) is 24.3 Å². The smallest absolute Gasteiger partial charge is 0.274 e. The van der Waals surface area contributed by atoms with Crippen LogP contribution in [0.4, 0.5) is 0 Å². The highest BCUT2D eigenvalue weighted by atomic mass is 16.5. The Morgan fingerprint density at radius 2 is 1.93 bits per heavy atom. The van der Waals surface area contributed by atoms with Crippen LogP contribution in [-0.2, 0) is 4.74 Å². The summed E-state index contributed by atoms with van der Waals surface area (Å²) >= 11 is 0.